The summed E-state index contributed by atoms with van der Waals surface area (Å²) in [4.78, 5) is 44.7. The molecule has 0 aliphatic carbocycles. The molecule has 156 valence electrons. The first-order chi connectivity index (χ1) is 12.7. The SMILES string of the molecule is CC(=O)SCSC(CC(SCSC(C)=O)SCSC(C)=O)SCSC(C)=O. The Balaban J connectivity index is 4.69. The van der Waals surface area contributed by atoms with Gasteiger partial charge in [0.2, 0.25) is 0 Å². The van der Waals surface area contributed by atoms with Crippen LogP contribution in [0.5, 0.6) is 0 Å². The molecular formula is C15H24O4S8. The molecular weight excluding hydrogens is 501 g/mol. The van der Waals surface area contributed by atoms with Crippen molar-refractivity contribution in [2.75, 3.05) is 20.3 Å². The Morgan fingerprint density at radius 2 is 0.741 bits per heavy atom. The van der Waals surface area contributed by atoms with E-state index in [0.29, 0.717) is 20.3 Å². The first kappa shape index (κ1) is 28.5. The van der Waals surface area contributed by atoms with Gasteiger partial charge in [0.25, 0.3) is 0 Å². The van der Waals surface area contributed by atoms with Gasteiger partial charge in [-0.25, -0.2) is 0 Å². The van der Waals surface area contributed by atoms with Crippen molar-refractivity contribution >= 4 is 115 Å². The van der Waals surface area contributed by atoms with Crippen LogP contribution in [0, 0.1) is 0 Å². The van der Waals surface area contributed by atoms with Gasteiger partial charge in [-0.05, 0) is 6.42 Å². The number of hydrogen-bond acceptors (Lipinski definition) is 12. The van der Waals surface area contributed by atoms with Gasteiger partial charge in [0.05, 0.1) is 9.16 Å². The number of carbonyl (C=O) groups excluding carboxylic acids is 4. The Morgan fingerprint density at radius 3 is 0.926 bits per heavy atom. The monoisotopic (exact) mass is 524 g/mol. The number of hydrogen-bond donors (Lipinski definition) is 0. The van der Waals surface area contributed by atoms with E-state index in [4.69, 9.17) is 0 Å². The lowest BCUT2D eigenvalue weighted by Gasteiger charge is -2.22. The van der Waals surface area contributed by atoms with Crippen LogP contribution in [-0.4, -0.2) is 50.0 Å². The molecule has 0 aromatic heterocycles. The van der Waals surface area contributed by atoms with E-state index in [-0.39, 0.29) is 29.6 Å². The van der Waals surface area contributed by atoms with Gasteiger partial charge in [-0.2, -0.15) is 0 Å². The summed E-state index contributed by atoms with van der Waals surface area (Å²) >= 11 is 12.0. The molecule has 0 rings (SSSR count). The Morgan fingerprint density at radius 1 is 0.519 bits per heavy atom. The molecule has 0 bridgehead atoms. The van der Waals surface area contributed by atoms with Crippen LogP contribution in [0.15, 0.2) is 0 Å². The van der Waals surface area contributed by atoms with Gasteiger partial charge in [0, 0.05) is 48.0 Å². The van der Waals surface area contributed by atoms with Crippen molar-refractivity contribution in [3.63, 3.8) is 0 Å². The van der Waals surface area contributed by atoms with Crippen molar-refractivity contribution < 1.29 is 19.2 Å². The highest BCUT2D eigenvalue weighted by Gasteiger charge is 2.20. The molecule has 27 heavy (non-hydrogen) atoms. The van der Waals surface area contributed by atoms with Gasteiger partial charge >= 0.3 is 0 Å². The predicted molar refractivity (Wildman–Crippen MR) is 135 cm³/mol. The molecule has 0 saturated heterocycles. The molecule has 4 nitrogen and oxygen atoms in total. The molecule has 0 amide bonds. The third kappa shape index (κ3) is 20.5. The van der Waals surface area contributed by atoms with Crippen molar-refractivity contribution in [3.8, 4) is 0 Å². The average molecular weight is 525 g/mol. The summed E-state index contributed by atoms with van der Waals surface area (Å²) in [5.41, 5.74) is 0. The highest BCUT2D eigenvalue weighted by atomic mass is 32.3. The Kier molecular flexibility index (Phi) is 19.3. The summed E-state index contributed by atoms with van der Waals surface area (Å²) in [6.45, 7) is 6.24. The van der Waals surface area contributed by atoms with E-state index in [0.717, 1.165) is 6.42 Å². The fourth-order valence-corrected chi connectivity index (χ4v) is 12.0. The van der Waals surface area contributed by atoms with Gasteiger partial charge in [0.15, 0.2) is 20.5 Å². The quantitative estimate of drug-likeness (QED) is 0.254. The normalized spacial score (nSPS) is 11.2. The van der Waals surface area contributed by atoms with Crippen LogP contribution in [0.1, 0.15) is 34.1 Å². The largest absolute Gasteiger partial charge is 0.288 e. The molecule has 0 radical (unpaired) electrons. The summed E-state index contributed by atoms with van der Waals surface area (Å²) < 4.78 is 0.497. The first-order valence-electron chi connectivity index (χ1n) is 7.70. The zero-order valence-corrected chi connectivity index (χ0v) is 22.1. The number of carbonyl (C=O) groups is 4. The van der Waals surface area contributed by atoms with Crippen molar-refractivity contribution in [1.29, 1.82) is 0 Å². The lowest BCUT2D eigenvalue weighted by molar-refractivity contribution is -0.109. The molecule has 0 unspecified atom stereocenters. The van der Waals surface area contributed by atoms with Gasteiger partial charge in [-0.15, -0.1) is 47.0 Å². The Hall–Kier alpha value is 1.48. The lowest BCUT2D eigenvalue weighted by atomic mass is 10.5. The predicted octanol–water partition coefficient (Wildman–Crippen LogP) is 5.91. The van der Waals surface area contributed by atoms with Gasteiger partial charge in [0.1, 0.15) is 0 Å². The second kappa shape index (κ2) is 18.3. The van der Waals surface area contributed by atoms with E-state index in [9.17, 15) is 19.2 Å². The van der Waals surface area contributed by atoms with E-state index in [2.05, 4.69) is 0 Å². The Labute approximate surface area is 195 Å². The molecule has 0 N–H and O–H groups in total. The van der Waals surface area contributed by atoms with E-state index in [1.807, 2.05) is 0 Å². The minimum Gasteiger partial charge on any atom is -0.288 e. The van der Waals surface area contributed by atoms with Crippen LogP contribution in [0.25, 0.3) is 0 Å². The van der Waals surface area contributed by atoms with Crippen LogP contribution < -0.4 is 0 Å². The molecule has 0 aromatic carbocycles. The standard InChI is InChI=1S/C15H24O4S8/c1-10(16)20-6-24-14(25-7-21-11(2)17)5-15(26-8-22-12(3)18)27-9-23-13(4)19/h14-15H,5-9H2,1-4H3. The zero-order valence-electron chi connectivity index (χ0n) is 15.6. The number of rotatable bonds is 14. The van der Waals surface area contributed by atoms with Crippen LogP contribution in [0.4, 0.5) is 0 Å². The molecule has 0 heterocycles. The van der Waals surface area contributed by atoms with E-state index >= 15 is 0 Å². The minimum atomic E-state index is 0.0976. The van der Waals surface area contributed by atoms with E-state index < -0.39 is 0 Å². The Bertz CT molecular complexity index is 406. The lowest BCUT2D eigenvalue weighted by Crippen LogP contribution is -2.09. The van der Waals surface area contributed by atoms with Crippen LogP contribution >= 0.6 is 94.1 Å². The molecule has 0 atom stereocenters. The summed E-state index contributed by atoms with van der Waals surface area (Å²) in [5.74, 6) is 0. The van der Waals surface area contributed by atoms with Crippen molar-refractivity contribution in [3.05, 3.63) is 0 Å². The maximum Gasteiger partial charge on any atom is 0.186 e. The van der Waals surface area contributed by atoms with Crippen LogP contribution in [-0.2, 0) is 19.2 Å². The average Bonchev–Trinajstić information content (AvgIpc) is 2.52. The molecule has 0 aromatic rings. The maximum atomic E-state index is 11.2. The second-order valence-electron chi connectivity index (χ2n) is 4.78. The fraction of sp³-hybridized carbons (Fsp3) is 0.733. The zero-order chi connectivity index (χ0) is 20.7. The van der Waals surface area contributed by atoms with E-state index in [1.54, 1.807) is 74.7 Å². The third-order valence-corrected chi connectivity index (χ3v) is 12.0. The highest BCUT2D eigenvalue weighted by Crippen LogP contribution is 2.40. The summed E-state index contributed by atoms with van der Waals surface area (Å²) in [6, 6.07) is 0. The molecule has 0 spiro atoms. The summed E-state index contributed by atoms with van der Waals surface area (Å²) in [6.07, 6.45) is 0.874. The van der Waals surface area contributed by atoms with E-state index in [1.165, 1.54) is 47.0 Å². The minimum absolute atomic E-state index is 0.0976. The number of thioether (sulfide) groups is 8. The van der Waals surface area contributed by atoms with Crippen LogP contribution in [0.3, 0.4) is 0 Å². The highest BCUT2D eigenvalue weighted by molar-refractivity contribution is 8.32. The fourth-order valence-electron chi connectivity index (χ4n) is 1.30. The van der Waals surface area contributed by atoms with Gasteiger partial charge < -0.3 is 0 Å². The molecule has 0 aliphatic rings. The molecule has 12 heteroatoms. The van der Waals surface area contributed by atoms with Crippen LogP contribution in [0.2, 0.25) is 0 Å². The molecule has 0 saturated carbocycles. The smallest absolute Gasteiger partial charge is 0.186 e. The third-order valence-electron chi connectivity index (χ3n) is 2.45. The first-order valence-corrected chi connectivity index (χ1v) is 15.8. The molecule has 0 fully saturated rings. The molecule has 0 aliphatic heterocycles. The second-order valence-corrected chi connectivity index (χ2v) is 16.2. The summed E-state index contributed by atoms with van der Waals surface area (Å²) in [5, 5.41) is 3.13. The maximum absolute atomic E-state index is 11.2. The topological polar surface area (TPSA) is 68.3 Å². The van der Waals surface area contributed by atoms with Gasteiger partial charge in [-0.1, -0.05) is 47.0 Å². The van der Waals surface area contributed by atoms with Crippen molar-refractivity contribution in [1.82, 2.24) is 0 Å². The van der Waals surface area contributed by atoms with Crippen molar-refractivity contribution in [2.45, 2.75) is 43.3 Å². The van der Waals surface area contributed by atoms with Crippen molar-refractivity contribution in [2.24, 2.45) is 0 Å². The van der Waals surface area contributed by atoms with Gasteiger partial charge in [-0.3, -0.25) is 19.2 Å². The summed E-state index contributed by atoms with van der Waals surface area (Å²) in [7, 11) is 0.